The maximum atomic E-state index is 12.3. The zero-order chi connectivity index (χ0) is 19.5. The molecule has 0 radical (unpaired) electrons. The molecule has 1 aliphatic rings. The molecule has 4 N–H and O–H groups in total. The molecule has 2 aromatic heterocycles. The van der Waals surface area contributed by atoms with Crippen LogP contribution in [0.2, 0.25) is 5.02 Å². The van der Waals surface area contributed by atoms with Crippen molar-refractivity contribution in [2.75, 3.05) is 37.2 Å². The summed E-state index contributed by atoms with van der Waals surface area (Å²) in [6, 6.07) is 5.42. The molecule has 1 fully saturated rings. The largest absolute Gasteiger partial charge is 0.431 e. The van der Waals surface area contributed by atoms with Crippen LogP contribution in [0, 0.1) is 0 Å². The summed E-state index contributed by atoms with van der Waals surface area (Å²) in [5.74, 6) is -0.441. The number of nitrogens with one attached hydrogen (secondary N) is 2. The Hall–Kier alpha value is -2.46. The molecule has 0 bridgehead atoms. The minimum atomic E-state index is -0.441. The Kier molecular flexibility index (Phi) is 5.58. The molecule has 10 heteroatoms. The lowest BCUT2D eigenvalue weighted by Gasteiger charge is -2.26. The van der Waals surface area contributed by atoms with Gasteiger partial charge < -0.3 is 20.8 Å². The minimum Gasteiger partial charge on any atom is -0.431 e. The summed E-state index contributed by atoms with van der Waals surface area (Å²) in [5, 5.41) is 7.59. The predicted octanol–water partition coefficient (Wildman–Crippen LogP) is 2.69. The fraction of sp³-hybridized carbons (Fsp3) is 0.278. The summed E-state index contributed by atoms with van der Waals surface area (Å²) in [6.07, 6.45) is 3.06. The first-order valence-corrected chi connectivity index (χ1v) is 9.98. The van der Waals surface area contributed by atoms with E-state index in [1.807, 2.05) is 18.3 Å². The average molecular weight is 419 g/mol. The average Bonchev–Trinajstić information content (AvgIpc) is 3.33. The predicted molar refractivity (Wildman–Crippen MR) is 110 cm³/mol. The lowest BCUT2D eigenvalue weighted by atomic mass is 10.2. The number of hydrogen-bond acceptors (Lipinski definition) is 8. The minimum absolute atomic E-state index is 0.0633. The van der Waals surface area contributed by atoms with Crippen LogP contribution in [0.5, 0.6) is 0 Å². The highest BCUT2D eigenvalue weighted by Gasteiger charge is 2.16. The molecule has 8 nitrogen and oxygen atoms in total. The molecule has 3 heterocycles. The van der Waals surface area contributed by atoms with Gasteiger partial charge in [-0.15, -0.1) is 11.3 Å². The van der Waals surface area contributed by atoms with E-state index >= 15 is 0 Å². The fourth-order valence-corrected chi connectivity index (χ4v) is 4.05. The van der Waals surface area contributed by atoms with Gasteiger partial charge in [0.25, 0.3) is 11.9 Å². The molecule has 1 amide bonds. The lowest BCUT2D eigenvalue weighted by molar-refractivity contribution is 0.102. The third-order valence-corrected chi connectivity index (χ3v) is 5.74. The van der Waals surface area contributed by atoms with Crippen LogP contribution < -0.4 is 16.4 Å². The van der Waals surface area contributed by atoms with E-state index in [0.29, 0.717) is 10.7 Å². The van der Waals surface area contributed by atoms with E-state index in [2.05, 4.69) is 25.5 Å². The normalized spacial score (nSPS) is 14.9. The molecule has 1 aliphatic heterocycles. The maximum absolute atomic E-state index is 12.3. The molecule has 146 valence electrons. The molecule has 1 saturated heterocycles. The van der Waals surface area contributed by atoms with Crippen molar-refractivity contribution in [2.45, 2.75) is 6.54 Å². The summed E-state index contributed by atoms with van der Waals surface area (Å²) in [6.45, 7) is 4.92. The van der Waals surface area contributed by atoms with Gasteiger partial charge in [-0.05, 0) is 17.7 Å². The number of nitrogens with two attached hydrogens (primary N) is 1. The quantitative estimate of drug-likeness (QED) is 0.584. The van der Waals surface area contributed by atoms with Crippen LogP contribution in [0.15, 0.2) is 35.1 Å². The Morgan fingerprint density at radius 3 is 2.96 bits per heavy atom. The molecular weight excluding hydrogens is 400 g/mol. The van der Waals surface area contributed by atoms with Crippen LogP contribution in [0.3, 0.4) is 0 Å². The summed E-state index contributed by atoms with van der Waals surface area (Å²) in [4.78, 5) is 24.1. The van der Waals surface area contributed by atoms with Crippen LogP contribution in [0.4, 0.5) is 11.7 Å². The Morgan fingerprint density at radius 2 is 2.21 bits per heavy atom. The molecule has 0 atom stereocenters. The summed E-state index contributed by atoms with van der Waals surface area (Å²) >= 11 is 7.89. The molecular formula is C18H19ClN6O2S. The summed E-state index contributed by atoms with van der Waals surface area (Å²) < 4.78 is 4.87. The van der Waals surface area contributed by atoms with Crippen molar-refractivity contribution in [2.24, 2.45) is 0 Å². The Labute approximate surface area is 170 Å². The Bertz CT molecular complexity index is 982. The molecule has 0 spiro atoms. The molecule has 0 unspecified atom stereocenters. The number of benzene rings is 1. The second-order valence-electron chi connectivity index (χ2n) is 6.36. The van der Waals surface area contributed by atoms with E-state index in [1.165, 1.54) is 6.26 Å². The number of rotatable bonds is 5. The van der Waals surface area contributed by atoms with Crippen LogP contribution in [0.25, 0.3) is 10.4 Å². The monoisotopic (exact) mass is 418 g/mol. The molecule has 0 saturated carbocycles. The van der Waals surface area contributed by atoms with Gasteiger partial charge in [-0.3, -0.25) is 9.69 Å². The van der Waals surface area contributed by atoms with Crippen molar-refractivity contribution in [3.8, 4) is 10.4 Å². The van der Waals surface area contributed by atoms with Gasteiger partial charge in [0, 0.05) is 32.4 Å². The number of aromatic nitrogens is 2. The smallest absolute Gasteiger partial charge is 0.292 e. The van der Waals surface area contributed by atoms with Gasteiger partial charge >= 0.3 is 0 Å². The Balaban J connectivity index is 1.49. The molecule has 4 rings (SSSR count). The Morgan fingerprint density at radius 1 is 1.39 bits per heavy atom. The lowest BCUT2D eigenvalue weighted by Crippen LogP contribution is -2.42. The number of halogens is 1. The first-order chi connectivity index (χ1) is 13.6. The van der Waals surface area contributed by atoms with E-state index in [0.717, 1.165) is 48.2 Å². The second kappa shape index (κ2) is 8.27. The van der Waals surface area contributed by atoms with E-state index in [9.17, 15) is 4.79 Å². The second-order valence-corrected chi connectivity index (χ2v) is 7.89. The first kappa shape index (κ1) is 18.9. The van der Waals surface area contributed by atoms with Gasteiger partial charge in [0.2, 0.25) is 0 Å². The number of amides is 1. The van der Waals surface area contributed by atoms with E-state index < -0.39 is 5.91 Å². The van der Waals surface area contributed by atoms with Crippen LogP contribution in [0.1, 0.15) is 15.5 Å². The SMILES string of the molecule is Nc1nc(C(=O)Nc2cc(-c3cnc(CN4CCNCC4)s3)ccc2Cl)co1. The van der Waals surface area contributed by atoms with Crippen LogP contribution in [-0.2, 0) is 6.54 Å². The molecule has 28 heavy (non-hydrogen) atoms. The number of anilines is 2. The number of carbonyl (C=O) groups excluding carboxylic acids is 1. The van der Waals surface area contributed by atoms with Gasteiger partial charge in [0.15, 0.2) is 5.69 Å². The first-order valence-electron chi connectivity index (χ1n) is 8.78. The van der Waals surface area contributed by atoms with Crippen molar-refractivity contribution in [1.82, 2.24) is 20.2 Å². The van der Waals surface area contributed by atoms with Gasteiger partial charge in [-0.2, -0.15) is 4.98 Å². The van der Waals surface area contributed by atoms with Gasteiger partial charge in [0.1, 0.15) is 11.3 Å². The van der Waals surface area contributed by atoms with Crippen LogP contribution >= 0.6 is 22.9 Å². The van der Waals surface area contributed by atoms with Crippen molar-refractivity contribution in [3.63, 3.8) is 0 Å². The maximum Gasteiger partial charge on any atom is 0.292 e. The van der Waals surface area contributed by atoms with E-state index in [1.54, 1.807) is 17.4 Å². The zero-order valence-electron chi connectivity index (χ0n) is 14.9. The van der Waals surface area contributed by atoms with Gasteiger partial charge in [-0.25, -0.2) is 4.98 Å². The molecule has 1 aromatic carbocycles. The topological polar surface area (TPSA) is 109 Å². The van der Waals surface area contributed by atoms with Gasteiger partial charge in [0.05, 0.1) is 22.1 Å². The summed E-state index contributed by atoms with van der Waals surface area (Å²) in [5.41, 5.74) is 6.93. The molecule has 3 aromatic rings. The fourth-order valence-electron chi connectivity index (χ4n) is 2.93. The third-order valence-electron chi connectivity index (χ3n) is 4.38. The molecule has 0 aliphatic carbocycles. The third kappa shape index (κ3) is 4.33. The van der Waals surface area contributed by atoms with Gasteiger partial charge in [-0.1, -0.05) is 17.7 Å². The van der Waals surface area contributed by atoms with Crippen LogP contribution in [-0.4, -0.2) is 47.0 Å². The van der Waals surface area contributed by atoms with Crippen molar-refractivity contribution >= 4 is 40.5 Å². The number of piperazine rings is 1. The van der Waals surface area contributed by atoms with Crippen molar-refractivity contribution in [3.05, 3.63) is 46.4 Å². The number of nitrogens with zero attached hydrogens (tertiary/aromatic N) is 3. The highest BCUT2D eigenvalue weighted by Crippen LogP contribution is 2.32. The number of thiazole rings is 1. The van der Waals surface area contributed by atoms with E-state index in [-0.39, 0.29) is 11.7 Å². The van der Waals surface area contributed by atoms with E-state index in [4.69, 9.17) is 21.8 Å². The number of carbonyl (C=O) groups is 1. The number of oxazole rings is 1. The highest BCUT2D eigenvalue weighted by molar-refractivity contribution is 7.15. The van der Waals surface area contributed by atoms with Crippen molar-refractivity contribution < 1.29 is 9.21 Å². The summed E-state index contributed by atoms with van der Waals surface area (Å²) in [7, 11) is 0. The number of nitrogen functional groups attached to an aromatic ring is 1. The highest BCUT2D eigenvalue weighted by atomic mass is 35.5. The number of hydrogen-bond donors (Lipinski definition) is 3. The standard InChI is InChI=1S/C18H19ClN6O2S/c19-12-2-1-11(7-13(12)23-17(26)14-10-27-18(20)24-14)15-8-22-16(28-15)9-25-5-3-21-4-6-25/h1-2,7-8,10,21H,3-6,9H2,(H2,20,24)(H,23,26). The zero-order valence-corrected chi connectivity index (χ0v) is 16.5. The van der Waals surface area contributed by atoms with Crippen molar-refractivity contribution in [1.29, 1.82) is 0 Å².